The summed E-state index contributed by atoms with van der Waals surface area (Å²) in [5, 5.41) is 7.53. The molecule has 1 atom stereocenters. The lowest BCUT2D eigenvalue weighted by Crippen LogP contribution is -2.22. The van der Waals surface area contributed by atoms with Crippen LogP contribution in [0, 0.1) is 0 Å². The largest absolute Gasteiger partial charge is 0.378 e. The lowest BCUT2D eigenvalue weighted by Gasteiger charge is -2.14. The van der Waals surface area contributed by atoms with Crippen LogP contribution in [0.25, 0.3) is 0 Å². The Morgan fingerprint density at radius 1 is 1.08 bits per heavy atom. The Morgan fingerprint density at radius 2 is 1.84 bits per heavy atom. The smallest absolute Gasteiger partial charge is 0.322 e. The van der Waals surface area contributed by atoms with Crippen molar-refractivity contribution in [2.24, 2.45) is 0 Å². The predicted octanol–water partition coefficient (Wildman–Crippen LogP) is 1.89. The van der Waals surface area contributed by atoms with Crippen molar-refractivity contribution >= 4 is 29.2 Å². The van der Waals surface area contributed by atoms with Crippen LogP contribution < -0.4 is 20.9 Å². The van der Waals surface area contributed by atoms with Crippen molar-refractivity contribution in [1.82, 2.24) is 10.6 Å². The minimum absolute atomic E-state index is 0.249. The molecule has 128 valence electrons. The van der Waals surface area contributed by atoms with Gasteiger partial charge in [-0.15, -0.1) is 0 Å². The van der Waals surface area contributed by atoms with Gasteiger partial charge in [0.05, 0.1) is 0 Å². The predicted molar refractivity (Wildman–Crippen MR) is 94.6 cm³/mol. The fraction of sp³-hybridized carbons (Fsp3) is 0.167. The summed E-state index contributed by atoms with van der Waals surface area (Å²) in [5.41, 5.74) is 2.60. The van der Waals surface area contributed by atoms with Crippen LogP contribution in [0.1, 0.15) is 22.0 Å². The Morgan fingerprint density at radius 3 is 2.52 bits per heavy atom. The molecule has 0 aromatic heterocycles. The fourth-order valence-electron chi connectivity index (χ4n) is 2.58. The maximum atomic E-state index is 12.5. The second-order valence-electron chi connectivity index (χ2n) is 5.92. The molecular formula is C18H18N4O3. The Hall–Kier alpha value is -3.35. The average molecular weight is 338 g/mol. The normalized spacial score (nSPS) is 16.2. The van der Waals surface area contributed by atoms with Gasteiger partial charge in [0, 0.05) is 31.0 Å². The molecule has 2 aromatic rings. The number of nitrogens with one attached hydrogen (secondary N) is 3. The second kappa shape index (κ2) is 6.64. The Balaban J connectivity index is 1.78. The topological polar surface area (TPSA) is 90.5 Å². The number of anilines is 2. The zero-order chi connectivity index (χ0) is 18.0. The van der Waals surface area contributed by atoms with E-state index < -0.39 is 18.0 Å². The van der Waals surface area contributed by atoms with Crippen LogP contribution >= 0.6 is 0 Å². The number of hydrogen-bond acceptors (Lipinski definition) is 4. The molecule has 3 rings (SSSR count). The average Bonchev–Trinajstić information content (AvgIpc) is 2.93. The number of carbonyl (C=O) groups excluding carboxylic acids is 3. The number of benzene rings is 2. The molecule has 0 bridgehead atoms. The molecule has 1 saturated heterocycles. The Kier molecular flexibility index (Phi) is 4.38. The van der Waals surface area contributed by atoms with E-state index in [9.17, 15) is 14.4 Å². The molecule has 2 aromatic carbocycles. The zero-order valence-electron chi connectivity index (χ0n) is 13.9. The number of carbonyl (C=O) groups is 3. The lowest BCUT2D eigenvalue weighted by molar-refractivity contribution is -0.120. The van der Waals surface area contributed by atoms with Gasteiger partial charge in [0.2, 0.25) is 0 Å². The molecule has 25 heavy (non-hydrogen) atoms. The van der Waals surface area contributed by atoms with E-state index in [4.69, 9.17) is 0 Å². The quantitative estimate of drug-likeness (QED) is 0.743. The summed E-state index contributed by atoms with van der Waals surface area (Å²) >= 11 is 0. The van der Waals surface area contributed by atoms with Crippen molar-refractivity contribution in [3.05, 3.63) is 59.7 Å². The van der Waals surface area contributed by atoms with Gasteiger partial charge >= 0.3 is 6.03 Å². The zero-order valence-corrected chi connectivity index (χ0v) is 13.9. The highest BCUT2D eigenvalue weighted by molar-refractivity contribution is 6.06. The van der Waals surface area contributed by atoms with E-state index in [0.29, 0.717) is 16.8 Å². The standard InChI is InChI=1S/C18H18N4O3/c1-22(2)14-8-4-6-12(10-14)16(23)19-13-7-3-5-11(9-13)15-17(24)21-18(25)20-15/h3-10,15H,1-2H3,(H,19,23)(H2,20,21,24,25). The van der Waals surface area contributed by atoms with Crippen molar-refractivity contribution < 1.29 is 14.4 Å². The highest BCUT2D eigenvalue weighted by atomic mass is 16.2. The van der Waals surface area contributed by atoms with Crippen LogP contribution in [0.5, 0.6) is 0 Å². The van der Waals surface area contributed by atoms with Gasteiger partial charge in [0.15, 0.2) is 0 Å². The number of amides is 4. The van der Waals surface area contributed by atoms with E-state index in [0.717, 1.165) is 5.69 Å². The Bertz CT molecular complexity index is 848. The first-order valence-corrected chi connectivity index (χ1v) is 7.74. The SMILES string of the molecule is CN(C)c1cccc(C(=O)Nc2cccc(C3NC(=O)NC3=O)c2)c1. The van der Waals surface area contributed by atoms with Crippen LogP contribution in [0.15, 0.2) is 48.5 Å². The highest BCUT2D eigenvalue weighted by Gasteiger charge is 2.30. The van der Waals surface area contributed by atoms with Gasteiger partial charge in [-0.25, -0.2) is 4.79 Å². The Labute approximate surface area is 145 Å². The first-order valence-electron chi connectivity index (χ1n) is 7.74. The molecule has 3 N–H and O–H groups in total. The molecule has 0 aliphatic carbocycles. The number of imide groups is 1. The number of hydrogen-bond donors (Lipinski definition) is 3. The van der Waals surface area contributed by atoms with Gasteiger partial charge in [-0.2, -0.15) is 0 Å². The molecule has 7 nitrogen and oxygen atoms in total. The van der Waals surface area contributed by atoms with Crippen molar-refractivity contribution in [1.29, 1.82) is 0 Å². The van der Waals surface area contributed by atoms with Crippen LogP contribution in [0.4, 0.5) is 16.2 Å². The molecule has 7 heteroatoms. The second-order valence-corrected chi connectivity index (χ2v) is 5.92. The van der Waals surface area contributed by atoms with E-state index >= 15 is 0 Å². The fourth-order valence-corrected chi connectivity index (χ4v) is 2.58. The monoisotopic (exact) mass is 338 g/mol. The molecule has 0 radical (unpaired) electrons. The minimum atomic E-state index is -0.749. The summed E-state index contributed by atoms with van der Waals surface area (Å²) in [6.45, 7) is 0. The summed E-state index contributed by atoms with van der Waals surface area (Å²) < 4.78 is 0. The van der Waals surface area contributed by atoms with Crippen LogP contribution in [0.3, 0.4) is 0 Å². The molecular weight excluding hydrogens is 320 g/mol. The van der Waals surface area contributed by atoms with Crippen LogP contribution in [-0.2, 0) is 4.79 Å². The van der Waals surface area contributed by atoms with Gasteiger partial charge in [0.25, 0.3) is 11.8 Å². The third-order valence-corrected chi connectivity index (χ3v) is 3.88. The van der Waals surface area contributed by atoms with Crippen LogP contribution in [0.2, 0.25) is 0 Å². The highest BCUT2D eigenvalue weighted by Crippen LogP contribution is 2.21. The molecule has 0 spiro atoms. The molecule has 1 aliphatic rings. The van der Waals surface area contributed by atoms with Crippen molar-refractivity contribution in [2.75, 3.05) is 24.3 Å². The molecule has 1 unspecified atom stereocenters. The molecule has 1 fully saturated rings. The van der Waals surface area contributed by atoms with E-state index in [-0.39, 0.29) is 5.91 Å². The molecule has 1 aliphatic heterocycles. The van der Waals surface area contributed by atoms with Gasteiger partial charge in [-0.1, -0.05) is 18.2 Å². The number of nitrogens with zero attached hydrogens (tertiary/aromatic N) is 1. The summed E-state index contributed by atoms with van der Waals surface area (Å²) in [6.07, 6.45) is 0. The molecule has 1 heterocycles. The summed E-state index contributed by atoms with van der Waals surface area (Å²) in [5.74, 6) is -0.659. The lowest BCUT2D eigenvalue weighted by atomic mass is 10.1. The van der Waals surface area contributed by atoms with Gasteiger partial charge < -0.3 is 15.5 Å². The van der Waals surface area contributed by atoms with Crippen molar-refractivity contribution in [2.45, 2.75) is 6.04 Å². The van der Waals surface area contributed by atoms with Crippen molar-refractivity contribution in [3.63, 3.8) is 0 Å². The maximum absolute atomic E-state index is 12.5. The van der Waals surface area contributed by atoms with Crippen LogP contribution in [-0.4, -0.2) is 31.9 Å². The van der Waals surface area contributed by atoms with E-state index in [1.165, 1.54) is 0 Å². The van der Waals surface area contributed by atoms with E-state index in [1.807, 2.05) is 31.1 Å². The maximum Gasteiger partial charge on any atom is 0.322 e. The number of urea groups is 1. The summed E-state index contributed by atoms with van der Waals surface area (Å²) in [4.78, 5) is 37.4. The van der Waals surface area contributed by atoms with E-state index in [2.05, 4.69) is 16.0 Å². The van der Waals surface area contributed by atoms with Crippen molar-refractivity contribution in [3.8, 4) is 0 Å². The third-order valence-electron chi connectivity index (χ3n) is 3.88. The number of rotatable bonds is 4. The first kappa shape index (κ1) is 16.5. The first-order chi connectivity index (χ1) is 11.9. The molecule has 4 amide bonds. The van der Waals surface area contributed by atoms with E-state index in [1.54, 1.807) is 36.4 Å². The summed E-state index contributed by atoms with van der Waals surface area (Å²) in [7, 11) is 3.81. The summed E-state index contributed by atoms with van der Waals surface area (Å²) in [6, 6.07) is 12.8. The molecule has 0 saturated carbocycles. The minimum Gasteiger partial charge on any atom is -0.378 e. The van der Waals surface area contributed by atoms with Gasteiger partial charge in [0.1, 0.15) is 6.04 Å². The third kappa shape index (κ3) is 3.60. The van der Waals surface area contributed by atoms with Gasteiger partial charge in [-0.3, -0.25) is 14.9 Å². The van der Waals surface area contributed by atoms with Gasteiger partial charge in [-0.05, 0) is 35.9 Å².